The Morgan fingerprint density at radius 1 is 1.35 bits per heavy atom. The monoisotopic (exact) mass is 256 g/mol. The average Bonchev–Trinajstić information content (AvgIpc) is 2.27. The van der Waals surface area contributed by atoms with E-state index in [4.69, 9.17) is 16.7 Å². The van der Waals surface area contributed by atoms with Gasteiger partial charge in [-0.25, -0.2) is 4.79 Å². The normalized spacial score (nSPS) is 9.76. The van der Waals surface area contributed by atoms with Gasteiger partial charge in [-0.05, 0) is 31.2 Å². The molecule has 0 fully saturated rings. The van der Waals surface area contributed by atoms with Gasteiger partial charge < -0.3 is 10.4 Å². The number of carbonyl (C=O) groups excluding carboxylic acids is 1. The van der Waals surface area contributed by atoms with Crippen LogP contribution in [0.1, 0.15) is 6.92 Å². The smallest absolute Gasteiger partial charge is 0.323 e. The van der Waals surface area contributed by atoms with Crippen molar-refractivity contribution in [1.29, 1.82) is 0 Å². The molecule has 0 aliphatic rings. The molecule has 92 valence electrons. The maximum absolute atomic E-state index is 11.7. The summed E-state index contributed by atoms with van der Waals surface area (Å²) in [6, 6.07) is 5.95. The van der Waals surface area contributed by atoms with Crippen molar-refractivity contribution < 1.29 is 14.7 Å². The Morgan fingerprint density at radius 2 is 1.94 bits per heavy atom. The zero-order valence-corrected chi connectivity index (χ0v) is 10.1. The Bertz CT molecular complexity index is 406. The lowest BCUT2D eigenvalue weighted by Crippen LogP contribution is -2.42. The van der Waals surface area contributed by atoms with Crippen molar-refractivity contribution in [3.63, 3.8) is 0 Å². The van der Waals surface area contributed by atoms with Crippen molar-refractivity contribution in [1.82, 2.24) is 5.32 Å². The number of nitrogens with zero attached hydrogens (tertiary/aromatic N) is 1. The summed E-state index contributed by atoms with van der Waals surface area (Å²) in [4.78, 5) is 23.5. The molecule has 0 aliphatic carbocycles. The Morgan fingerprint density at radius 3 is 2.41 bits per heavy atom. The number of halogens is 1. The van der Waals surface area contributed by atoms with Gasteiger partial charge >= 0.3 is 12.0 Å². The minimum Gasteiger partial charge on any atom is -0.480 e. The van der Waals surface area contributed by atoms with Crippen LogP contribution in [0.15, 0.2) is 24.3 Å². The van der Waals surface area contributed by atoms with Gasteiger partial charge in [0.1, 0.15) is 6.54 Å². The van der Waals surface area contributed by atoms with Gasteiger partial charge in [-0.2, -0.15) is 0 Å². The SMILES string of the molecule is CCNC(=O)N(CC(=O)O)c1ccc(Cl)cc1. The fraction of sp³-hybridized carbons (Fsp3) is 0.273. The quantitative estimate of drug-likeness (QED) is 0.865. The molecule has 1 aromatic carbocycles. The van der Waals surface area contributed by atoms with Crippen molar-refractivity contribution in [2.45, 2.75) is 6.92 Å². The van der Waals surface area contributed by atoms with E-state index in [-0.39, 0.29) is 0 Å². The first-order chi connectivity index (χ1) is 8.04. The highest BCUT2D eigenvalue weighted by Gasteiger charge is 2.17. The van der Waals surface area contributed by atoms with Crippen molar-refractivity contribution in [2.24, 2.45) is 0 Å². The minimum atomic E-state index is -1.08. The van der Waals surface area contributed by atoms with Crippen LogP contribution in [-0.2, 0) is 4.79 Å². The van der Waals surface area contributed by atoms with Gasteiger partial charge in [0.2, 0.25) is 0 Å². The van der Waals surface area contributed by atoms with E-state index in [2.05, 4.69) is 5.32 Å². The number of nitrogens with one attached hydrogen (secondary N) is 1. The van der Waals surface area contributed by atoms with Gasteiger partial charge in [-0.1, -0.05) is 11.6 Å². The number of anilines is 1. The number of hydrogen-bond donors (Lipinski definition) is 2. The number of hydrogen-bond acceptors (Lipinski definition) is 2. The van der Waals surface area contributed by atoms with Crippen LogP contribution in [0.4, 0.5) is 10.5 Å². The van der Waals surface area contributed by atoms with Crippen LogP contribution in [-0.4, -0.2) is 30.2 Å². The molecule has 2 amide bonds. The molecule has 17 heavy (non-hydrogen) atoms. The van der Waals surface area contributed by atoms with Gasteiger partial charge in [0.15, 0.2) is 0 Å². The second-order valence-electron chi connectivity index (χ2n) is 3.29. The number of urea groups is 1. The molecule has 0 atom stereocenters. The molecule has 0 saturated carbocycles. The minimum absolute atomic E-state index is 0.395. The summed E-state index contributed by atoms with van der Waals surface area (Å²) in [5, 5.41) is 11.9. The molecule has 6 heteroatoms. The highest BCUT2D eigenvalue weighted by atomic mass is 35.5. The molecule has 1 aromatic rings. The van der Waals surface area contributed by atoms with Crippen LogP contribution >= 0.6 is 11.6 Å². The van der Waals surface area contributed by atoms with E-state index in [1.807, 2.05) is 0 Å². The third-order valence-corrected chi connectivity index (χ3v) is 2.26. The topological polar surface area (TPSA) is 69.6 Å². The van der Waals surface area contributed by atoms with Crippen LogP contribution < -0.4 is 10.2 Å². The van der Waals surface area contributed by atoms with Crippen LogP contribution in [0.25, 0.3) is 0 Å². The van der Waals surface area contributed by atoms with E-state index >= 15 is 0 Å². The standard InChI is InChI=1S/C11H13ClN2O3/c1-2-13-11(17)14(7-10(15)16)9-5-3-8(12)4-6-9/h3-6H,2,7H2,1H3,(H,13,17)(H,15,16). The molecule has 2 N–H and O–H groups in total. The van der Waals surface area contributed by atoms with Crippen LogP contribution in [0.3, 0.4) is 0 Å². The van der Waals surface area contributed by atoms with Gasteiger partial charge in [0.05, 0.1) is 0 Å². The van der Waals surface area contributed by atoms with Crippen molar-refractivity contribution >= 4 is 29.3 Å². The molecule has 0 heterocycles. The first-order valence-corrected chi connectivity index (χ1v) is 5.45. The molecule has 0 aromatic heterocycles. The largest absolute Gasteiger partial charge is 0.480 e. The van der Waals surface area contributed by atoms with Crippen molar-refractivity contribution in [3.05, 3.63) is 29.3 Å². The van der Waals surface area contributed by atoms with E-state index in [9.17, 15) is 9.59 Å². The zero-order valence-electron chi connectivity index (χ0n) is 9.31. The second kappa shape index (κ2) is 6.10. The molecule has 0 saturated heterocycles. The predicted octanol–water partition coefficient (Wildman–Crippen LogP) is 1.96. The predicted molar refractivity (Wildman–Crippen MR) is 65.5 cm³/mol. The maximum atomic E-state index is 11.7. The summed E-state index contributed by atoms with van der Waals surface area (Å²) in [5.74, 6) is -1.08. The second-order valence-corrected chi connectivity index (χ2v) is 3.73. The number of carboxylic acids is 1. The molecule has 0 unspecified atom stereocenters. The Kier molecular flexibility index (Phi) is 4.78. The zero-order chi connectivity index (χ0) is 12.8. The summed E-state index contributed by atoms with van der Waals surface area (Å²) in [7, 11) is 0. The van der Waals surface area contributed by atoms with E-state index in [0.29, 0.717) is 17.3 Å². The Balaban J connectivity index is 2.92. The van der Waals surface area contributed by atoms with E-state index in [1.54, 1.807) is 31.2 Å². The number of amides is 2. The molecule has 1 rings (SSSR count). The molecule has 0 spiro atoms. The number of benzene rings is 1. The van der Waals surface area contributed by atoms with Gasteiger partial charge in [0.25, 0.3) is 0 Å². The van der Waals surface area contributed by atoms with Crippen LogP contribution in [0.2, 0.25) is 5.02 Å². The van der Waals surface area contributed by atoms with Gasteiger partial charge in [0, 0.05) is 17.3 Å². The van der Waals surface area contributed by atoms with E-state index in [1.165, 1.54) is 0 Å². The summed E-state index contributed by atoms with van der Waals surface area (Å²) >= 11 is 5.73. The summed E-state index contributed by atoms with van der Waals surface area (Å²) in [6.07, 6.45) is 0. The lowest BCUT2D eigenvalue weighted by Gasteiger charge is -2.20. The van der Waals surface area contributed by atoms with E-state index < -0.39 is 18.5 Å². The lowest BCUT2D eigenvalue weighted by molar-refractivity contribution is -0.135. The number of carbonyl (C=O) groups is 2. The average molecular weight is 257 g/mol. The van der Waals surface area contributed by atoms with Crippen LogP contribution in [0, 0.1) is 0 Å². The number of aliphatic carboxylic acids is 1. The first kappa shape index (κ1) is 13.3. The van der Waals surface area contributed by atoms with Crippen LogP contribution in [0.5, 0.6) is 0 Å². The summed E-state index contributed by atoms with van der Waals surface area (Å²) in [6.45, 7) is 1.80. The molecular weight excluding hydrogens is 244 g/mol. The fourth-order valence-electron chi connectivity index (χ4n) is 1.28. The number of carboxylic acid groups (broad SMARTS) is 1. The highest BCUT2D eigenvalue weighted by molar-refractivity contribution is 6.30. The third kappa shape index (κ3) is 3.96. The lowest BCUT2D eigenvalue weighted by atomic mass is 10.3. The molecule has 0 aliphatic heterocycles. The first-order valence-electron chi connectivity index (χ1n) is 5.07. The molecular formula is C11H13ClN2O3. The van der Waals surface area contributed by atoms with E-state index in [0.717, 1.165) is 4.90 Å². The van der Waals surface area contributed by atoms with Gasteiger partial charge in [-0.15, -0.1) is 0 Å². The summed E-state index contributed by atoms with van der Waals surface area (Å²) < 4.78 is 0. The highest BCUT2D eigenvalue weighted by Crippen LogP contribution is 2.17. The maximum Gasteiger partial charge on any atom is 0.323 e. The Hall–Kier alpha value is -1.75. The number of rotatable bonds is 4. The van der Waals surface area contributed by atoms with Crippen molar-refractivity contribution in [3.8, 4) is 0 Å². The fourth-order valence-corrected chi connectivity index (χ4v) is 1.41. The third-order valence-electron chi connectivity index (χ3n) is 2.00. The summed E-state index contributed by atoms with van der Waals surface area (Å²) in [5.41, 5.74) is 0.489. The Labute approximate surface area is 104 Å². The van der Waals surface area contributed by atoms with Gasteiger partial charge in [-0.3, -0.25) is 9.69 Å². The molecule has 0 radical (unpaired) electrons. The molecule has 0 bridgehead atoms. The molecule has 5 nitrogen and oxygen atoms in total. The van der Waals surface area contributed by atoms with Crippen molar-refractivity contribution in [2.75, 3.05) is 18.0 Å².